The number of fused-ring (bicyclic) bond motifs is 1. The Morgan fingerprint density at radius 1 is 0.923 bits per heavy atom. The van der Waals surface area contributed by atoms with E-state index >= 15 is 0 Å². The summed E-state index contributed by atoms with van der Waals surface area (Å²) in [5.41, 5.74) is 5.30. The Labute approximate surface area is 228 Å². The van der Waals surface area contributed by atoms with Crippen LogP contribution in [-0.2, 0) is 11.2 Å². The highest BCUT2D eigenvalue weighted by molar-refractivity contribution is 5.88. The molecule has 0 fully saturated rings. The van der Waals surface area contributed by atoms with Crippen molar-refractivity contribution in [3.05, 3.63) is 103 Å². The first-order valence-corrected chi connectivity index (χ1v) is 13.0. The molecule has 1 atom stereocenters. The van der Waals surface area contributed by atoms with Crippen molar-refractivity contribution in [3.8, 4) is 28.1 Å². The summed E-state index contributed by atoms with van der Waals surface area (Å²) < 4.78 is 11.7. The van der Waals surface area contributed by atoms with Crippen LogP contribution in [0.3, 0.4) is 0 Å². The van der Waals surface area contributed by atoms with E-state index < -0.39 is 11.7 Å². The van der Waals surface area contributed by atoms with Gasteiger partial charge in [0.15, 0.2) is 0 Å². The van der Waals surface area contributed by atoms with Gasteiger partial charge in [0.25, 0.3) is 0 Å². The Hall–Kier alpha value is -4.65. The van der Waals surface area contributed by atoms with Crippen LogP contribution in [0.2, 0.25) is 0 Å². The largest absolute Gasteiger partial charge is 0.490 e. The predicted octanol–water partition coefficient (Wildman–Crippen LogP) is 6.81. The highest BCUT2D eigenvalue weighted by atomic mass is 16.6. The molecule has 0 bridgehead atoms. The molecule has 0 aliphatic heterocycles. The summed E-state index contributed by atoms with van der Waals surface area (Å²) in [4.78, 5) is 17.4. The number of rotatable bonds is 8. The Bertz CT molecular complexity index is 1540. The summed E-state index contributed by atoms with van der Waals surface area (Å²) in [5, 5.41) is 11.1. The van der Waals surface area contributed by atoms with Crippen molar-refractivity contribution < 1.29 is 14.3 Å². The summed E-state index contributed by atoms with van der Waals surface area (Å²) in [6.07, 6.45) is 3.67. The molecular weight excluding hydrogens is 488 g/mol. The van der Waals surface area contributed by atoms with Crippen LogP contribution in [0.1, 0.15) is 26.3 Å². The molecule has 2 N–H and O–H groups in total. The van der Waals surface area contributed by atoms with E-state index in [-0.39, 0.29) is 12.6 Å². The van der Waals surface area contributed by atoms with Gasteiger partial charge in [0, 0.05) is 16.5 Å². The zero-order chi connectivity index (χ0) is 27.2. The zero-order valence-electron chi connectivity index (χ0n) is 22.3. The average Bonchev–Trinajstić information content (AvgIpc) is 3.40. The smallest absolute Gasteiger partial charge is 0.408 e. The molecule has 2 aromatic heterocycles. The van der Waals surface area contributed by atoms with Crippen LogP contribution in [0.4, 0.5) is 4.79 Å². The van der Waals surface area contributed by atoms with Crippen molar-refractivity contribution in [2.45, 2.75) is 38.8 Å². The van der Waals surface area contributed by atoms with Crippen molar-refractivity contribution in [1.29, 1.82) is 0 Å². The highest BCUT2D eigenvalue weighted by Gasteiger charge is 2.21. The molecule has 0 radical (unpaired) electrons. The van der Waals surface area contributed by atoms with E-state index in [1.807, 2.05) is 99.8 Å². The molecule has 0 aliphatic carbocycles. The van der Waals surface area contributed by atoms with Crippen molar-refractivity contribution in [2.24, 2.45) is 0 Å². The fraction of sp³-hybridized carbons (Fsp3) is 0.219. The molecule has 0 spiro atoms. The number of ether oxygens (including phenoxy) is 2. The number of amides is 1. The molecule has 0 saturated carbocycles. The molecule has 7 heteroatoms. The number of H-pyrrole nitrogens is 1. The molecule has 1 amide bonds. The third-order valence-electron chi connectivity index (χ3n) is 6.16. The molecule has 0 aliphatic rings. The number of benzene rings is 3. The normalized spacial score (nSPS) is 12.2. The lowest BCUT2D eigenvalue weighted by Crippen LogP contribution is -2.43. The van der Waals surface area contributed by atoms with Gasteiger partial charge in [-0.3, -0.25) is 10.1 Å². The highest BCUT2D eigenvalue weighted by Crippen LogP contribution is 2.34. The van der Waals surface area contributed by atoms with Crippen molar-refractivity contribution in [3.63, 3.8) is 0 Å². The van der Waals surface area contributed by atoms with Crippen molar-refractivity contribution in [1.82, 2.24) is 20.5 Å². The van der Waals surface area contributed by atoms with E-state index in [2.05, 4.69) is 27.6 Å². The van der Waals surface area contributed by atoms with Gasteiger partial charge >= 0.3 is 6.09 Å². The maximum Gasteiger partial charge on any atom is 0.408 e. The number of hydrogen-bond acceptors (Lipinski definition) is 5. The van der Waals surface area contributed by atoms with Crippen LogP contribution in [-0.4, -0.2) is 39.5 Å². The second kappa shape index (κ2) is 11.4. The van der Waals surface area contributed by atoms with Crippen LogP contribution in [0.5, 0.6) is 5.75 Å². The monoisotopic (exact) mass is 520 g/mol. The molecule has 5 aromatic rings. The lowest BCUT2D eigenvalue weighted by atomic mass is 9.98. The van der Waals surface area contributed by atoms with Gasteiger partial charge in [0.05, 0.1) is 29.6 Å². The lowest BCUT2D eigenvalue weighted by Gasteiger charge is -2.24. The quantitative estimate of drug-likeness (QED) is 0.235. The molecule has 0 saturated heterocycles. The fourth-order valence-electron chi connectivity index (χ4n) is 4.40. The number of nitrogens with one attached hydrogen (secondary N) is 2. The Morgan fingerprint density at radius 3 is 2.41 bits per heavy atom. The van der Waals surface area contributed by atoms with Gasteiger partial charge in [-0.25, -0.2) is 4.79 Å². The molecule has 39 heavy (non-hydrogen) atoms. The van der Waals surface area contributed by atoms with Crippen molar-refractivity contribution in [2.75, 3.05) is 6.61 Å². The van der Waals surface area contributed by atoms with E-state index in [1.54, 1.807) is 6.20 Å². The molecule has 7 nitrogen and oxygen atoms in total. The van der Waals surface area contributed by atoms with Gasteiger partial charge in [-0.1, -0.05) is 66.7 Å². The summed E-state index contributed by atoms with van der Waals surface area (Å²) in [7, 11) is 0. The van der Waals surface area contributed by atoms with Gasteiger partial charge in [-0.05, 0) is 56.5 Å². The number of pyridine rings is 1. The standard InChI is InChI=1S/C32H32N4O3/c1-32(2,3)39-31(37)35-26(16-22-10-6-4-7-11-22)21-38-27-18-28(24-14-15-29-25(17-24)19-34-36-29)30(33-20-27)23-12-8-5-9-13-23/h4-15,17-20,26H,16,21H2,1-3H3,(H,34,36)(H,35,37)/t26-/m0/s1. The number of nitrogens with zero attached hydrogens (tertiary/aromatic N) is 2. The number of hydrogen-bond donors (Lipinski definition) is 2. The topological polar surface area (TPSA) is 89.1 Å². The molecule has 5 rings (SSSR count). The Kier molecular flexibility index (Phi) is 7.59. The molecule has 198 valence electrons. The van der Waals surface area contributed by atoms with E-state index in [9.17, 15) is 4.79 Å². The second-order valence-electron chi connectivity index (χ2n) is 10.4. The van der Waals surface area contributed by atoms with Gasteiger partial charge in [0.1, 0.15) is 18.0 Å². The maximum atomic E-state index is 12.6. The lowest BCUT2D eigenvalue weighted by molar-refractivity contribution is 0.0487. The third-order valence-corrected chi connectivity index (χ3v) is 6.16. The minimum absolute atomic E-state index is 0.251. The molecular formula is C32H32N4O3. The van der Waals surface area contributed by atoms with Gasteiger partial charge < -0.3 is 14.8 Å². The summed E-state index contributed by atoms with van der Waals surface area (Å²) in [6.45, 7) is 5.79. The fourth-order valence-corrected chi connectivity index (χ4v) is 4.40. The number of carbonyl (C=O) groups excluding carboxylic acids is 1. The first kappa shape index (κ1) is 26.0. The number of aromatic nitrogens is 3. The van der Waals surface area contributed by atoms with Gasteiger partial charge in [-0.2, -0.15) is 5.10 Å². The number of alkyl carbamates (subject to hydrolysis) is 1. The molecule has 3 aromatic carbocycles. The minimum atomic E-state index is -0.593. The molecule has 2 heterocycles. The second-order valence-corrected chi connectivity index (χ2v) is 10.4. The summed E-state index contributed by atoms with van der Waals surface area (Å²) in [5.74, 6) is 0.612. The molecule has 0 unspecified atom stereocenters. The first-order valence-electron chi connectivity index (χ1n) is 13.0. The van der Waals surface area contributed by atoms with E-state index in [0.717, 1.165) is 38.9 Å². The van der Waals surface area contributed by atoms with Crippen LogP contribution < -0.4 is 10.1 Å². The van der Waals surface area contributed by atoms with Crippen LogP contribution in [0.15, 0.2) is 97.3 Å². The van der Waals surface area contributed by atoms with E-state index in [4.69, 9.17) is 14.5 Å². The van der Waals surface area contributed by atoms with E-state index in [1.165, 1.54) is 0 Å². The summed E-state index contributed by atoms with van der Waals surface area (Å²) in [6, 6.07) is 27.9. The van der Waals surface area contributed by atoms with Crippen LogP contribution >= 0.6 is 0 Å². The maximum absolute atomic E-state index is 12.6. The van der Waals surface area contributed by atoms with Crippen LogP contribution in [0, 0.1) is 0 Å². The summed E-state index contributed by atoms with van der Waals surface area (Å²) >= 11 is 0. The van der Waals surface area contributed by atoms with Gasteiger partial charge in [0.2, 0.25) is 0 Å². The minimum Gasteiger partial charge on any atom is -0.490 e. The number of aromatic amines is 1. The first-order chi connectivity index (χ1) is 18.8. The predicted molar refractivity (Wildman–Crippen MR) is 154 cm³/mol. The van der Waals surface area contributed by atoms with Crippen molar-refractivity contribution >= 4 is 17.0 Å². The Morgan fingerprint density at radius 2 is 1.67 bits per heavy atom. The zero-order valence-corrected chi connectivity index (χ0v) is 22.3. The average molecular weight is 521 g/mol. The van der Waals surface area contributed by atoms with E-state index in [0.29, 0.717) is 12.2 Å². The number of carbonyl (C=O) groups is 1. The van der Waals surface area contributed by atoms with Gasteiger partial charge in [-0.15, -0.1) is 0 Å². The van der Waals surface area contributed by atoms with Crippen LogP contribution in [0.25, 0.3) is 33.3 Å². The Balaban J connectivity index is 1.42. The SMILES string of the molecule is CC(C)(C)OC(=O)N[C@H](COc1cnc(-c2ccccc2)c(-c2ccc3[nH]ncc3c2)c1)Cc1ccccc1. The third kappa shape index (κ3) is 6.82.